The van der Waals surface area contributed by atoms with Crippen molar-refractivity contribution in [2.75, 3.05) is 5.32 Å². The third kappa shape index (κ3) is 4.25. The zero-order valence-corrected chi connectivity index (χ0v) is 14.4. The smallest absolute Gasteiger partial charge is 0.257 e. The summed E-state index contributed by atoms with van der Waals surface area (Å²) in [6.45, 7) is 2.34. The fourth-order valence-electron chi connectivity index (χ4n) is 2.60. The molecule has 0 aliphatic rings. The molecule has 26 heavy (non-hydrogen) atoms. The van der Waals surface area contributed by atoms with Crippen molar-refractivity contribution in [3.05, 3.63) is 99.7 Å². The van der Waals surface area contributed by atoms with Crippen molar-refractivity contribution < 1.29 is 9.18 Å². The highest BCUT2D eigenvalue weighted by atomic mass is 19.1. The molecule has 1 N–H and O–H groups in total. The average Bonchev–Trinajstić information content (AvgIpc) is 2.66. The van der Waals surface area contributed by atoms with E-state index in [4.69, 9.17) is 0 Å². The minimum absolute atomic E-state index is 0.224. The summed E-state index contributed by atoms with van der Waals surface area (Å²) in [7, 11) is 0. The first-order valence-corrected chi connectivity index (χ1v) is 8.40. The Morgan fingerprint density at radius 3 is 2.27 bits per heavy atom. The zero-order valence-electron chi connectivity index (χ0n) is 14.4. The second-order valence-corrected chi connectivity index (χ2v) is 6.01. The number of halogens is 1. The van der Waals surface area contributed by atoms with Crippen molar-refractivity contribution in [2.24, 2.45) is 0 Å². The van der Waals surface area contributed by atoms with Gasteiger partial charge in [-0.05, 0) is 47.9 Å². The first-order valence-electron chi connectivity index (χ1n) is 8.40. The number of pyridine rings is 1. The van der Waals surface area contributed by atoms with Crippen LogP contribution in [-0.4, -0.2) is 10.5 Å². The summed E-state index contributed by atoms with van der Waals surface area (Å²) in [4.78, 5) is 24.5. The fraction of sp³-hybridized carbons (Fsp3) is 0.143. The van der Waals surface area contributed by atoms with Gasteiger partial charge in [0.1, 0.15) is 5.82 Å². The maximum absolute atomic E-state index is 13.0. The number of nitrogens with one attached hydrogen (secondary N) is 1. The number of anilines is 1. The molecule has 0 atom stereocenters. The molecule has 132 valence electrons. The van der Waals surface area contributed by atoms with E-state index < -0.39 is 0 Å². The van der Waals surface area contributed by atoms with E-state index in [1.807, 2.05) is 24.3 Å². The van der Waals surface area contributed by atoms with Gasteiger partial charge in [-0.25, -0.2) is 4.39 Å². The zero-order chi connectivity index (χ0) is 18.5. The second-order valence-electron chi connectivity index (χ2n) is 6.01. The van der Waals surface area contributed by atoms with Crippen LogP contribution in [0, 0.1) is 5.82 Å². The van der Waals surface area contributed by atoms with Crippen molar-refractivity contribution in [3.8, 4) is 0 Å². The molecule has 1 amide bonds. The quantitative estimate of drug-likeness (QED) is 0.760. The number of aromatic nitrogens is 1. The summed E-state index contributed by atoms with van der Waals surface area (Å²) >= 11 is 0. The highest BCUT2D eigenvalue weighted by Crippen LogP contribution is 2.12. The first kappa shape index (κ1) is 17.6. The lowest BCUT2D eigenvalue weighted by Gasteiger charge is -2.10. The van der Waals surface area contributed by atoms with Crippen molar-refractivity contribution in [2.45, 2.75) is 19.9 Å². The second kappa shape index (κ2) is 7.78. The van der Waals surface area contributed by atoms with Crippen LogP contribution in [0.15, 0.2) is 71.7 Å². The van der Waals surface area contributed by atoms with Gasteiger partial charge in [-0.15, -0.1) is 0 Å². The van der Waals surface area contributed by atoms with Gasteiger partial charge in [-0.1, -0.05) is 31.2 Å². The normalized spacial score (nSPS) is 10.5. The van der Waals surface area contributed by atoms with E-state index in [1.165, 1.54) is 40.6 Å². The fourth-order valence-corrected chi connectivity index (χ4v) is 2.60. The molecule has 0 fully saturated rings. The van der Waals surface area contributed by atoms with Gasteiger partial charge < -0.3 is 9.88 Å². The predicted octanol–water partition coefficient (Wildman–Crippen LogP) is 3.85. The Morgan fingerprint density at radius 2 is 1.62 bits per heavy atom. The Balaban J connectivity index is 1.78. The minimum Gasteiger partial charge on any atom is -0.322 e. The number of amides is 1. The molecule has 4 nitrogen and oxygen atoms in total. The molecule has 0 aliphatic carbocycles. The highest BCUT2D eigenvalue weighted by Gasteiger charge is 2.09. The molecule has 1 aromatic heterocycles. The third-order valence-corrected chi connectivity index (χ3v) is 4.13. The molecule has 0 saturated heterocycles. The van der Waals surface area contributed by atoms with Gasteiger partial charge in [-0.3, -0.25) is 9.59 Å². The molecule has 0 spiro atoms. The molecule has 1 heterocycles. The van der Waals surface area contributed by atoms with Gasteiger partial charge in [0.25, 0.3) is 11.5 Å². The van der Waals surface area contributed by atoms with Crippen molar-refractivity contribution in [3.63, 3.8) is 0 Å². The van der Waals surface area contributed by atoms with Crippen molar-refractivity contribution in [1.29, 1.82) is 0 Å². The Hall–Kier alpha value is -3.21. The summed E-state index contributed by atoms with van der Waals surface area (Å²) in [6.07, 6.45) is 2.45. The number of carbonyl (C=O) groups is 1. The first-order chi connectivity index (χ1) is 12.5. The van der Waals surface area contributed by atoms with E-state index >= 15 is 0 Å². The lowest BCUT2D eigenvalue weighted by atomic mass is 10.1. The summed E-state index contributed by atoms with van der Waals surface area (Å²) in [5.74, 6) is -0.620. The molecule has 0 aliphatic heterocycles. The number of hydrogen-bond acceptors (Lipinski definition) is 2. The summed E-state index contributed by atoms with van der Waals surface area (Å²) in [6, 6.07) is 16.4. The number of carbonyl (C=O) groups excluding carboxylic acids is 1. The molecule has 0 radical (unpaired) electrons. The Kier molecular flexibility index (Phi) is 5.27. The van der Waals surface area contributed by atoms with E-state index in [1.54, 1.807) is 12.1 Å². The van der Waals surface area contributed by atoms with Crippen LogP contribution in [0.3, 0.4) is 0 Å². The van der Waals surface area contributed by atoms with E-state index in [9.17, 15) is 14.0 Å². The Labute approximate surface area is 150 Å². The SMILES string of the molecule is CCc1ccc(NC(=O)c2ccc(=O)n(Cc3ccc(F)cc3)c2)cc1. The summed E-state index contributed by atoms with van der Waals surface area (Å²) < 4.78 is 14.4. The average molecular weight is 350 g/mol. The van der Waals surface area contributed by atoms with Crippen molar-refractivity contribution >= 4 is 11.6 Å². The lowest BCUT2D eigenvalue weighted by Crippen LogP contribution is -2.22. The predicted molar refractivity (Wildman–Crippen MR) is 100.0 cm³/mol. The maximum atomic E-state index is 13.0. The van der Waals surface area contributed by atoms with Gasteiger partial charge >= 0.3 is 0 Å². The third-order valence-electron chi connectivity index (χ3n) is 4.13. The van der Waals surface area contributed by atoms with Gasteiger partial charge in [0.15, 0.2) is 0 Å². The largest absolute Gasteiger partial charge is 0.322 e. The number of rotatable bonds is 5. The molecule has 2 aromatic carbocycles. The van der Waals surface area contributed by atoms with Gasteiger partial charge in [-0.2, -0.15) is 0 Å². The highest BCUT2D eigenvalue weighted by molar-refractivity contribution is 6.04. The number of nitrogens with zero attached hydrogens (tertiary/aromatic N) is 1. The van der Waals surface area contributed by atoms with Crippen LogP contribution in [0.2, 0.25) is 0 Å². The molecule has 3 aromatic rings. The van der Waals surface area contributed by atoms with Crippen LogP contribution < -0.4 is 10.9 Å². The lowest BCUT2D eigenvalue weighted by molar-refractivity contribution is 0.102. The number of benzene rings is 2. The van der Waals surface area contributed by atoms with E-state index in [0.717, 1.165) is 12.0 Å². The van der Waals surface area contributed by atoms with Gasteiger partial charge in [0.05, 0.1) is 12.1 Å². The van der Waals surface area contributed by atoms with E-state index in [2.05, 4.69) is 12.2 Å². The van der Waals surface area contributed by atoms with Crippen molar-refractivity contribution in [1.82, 2.24) is 4.57 Å². The maximum Gasteiger partial charge on any atom is 0.257 e. The standard InChI is InChI=1S/C21H19FN2O2/c1-2-15-5-10-19(11-6-15)23-21(26)17-7-12-20(25)24(14-17)13-16-3-8-18(22)9-4-16/h3-12,14H,2,13H2,1H3,(H,23,26). The van der Waals surface area contributed by atoms with Crippen LogP contribution in [0.5, 0.6) is 0 Å². The molecular weight excluding hydrogens is 331 g/mol. The molecule has 0 saturated carbocycles. The molecule has 0 unspecified atom stereocenters. The summed E-state index contributed by atoms with van der Waals surface area (Å²) in [5.41, 5.74) is 2.82. The van der Waals surface area contributed by atoms with Gasteiger partial charge in [0, 0.05) is 18.0 Å². The van der Waals surface area contributed by atoms with Crippen LogP contribution in [0.4, 0.5) is 10.1 Å². The van der Waals surface area contributed by atoms with Crippen LogP contribution in [0.1, 0.15) is 28.4 Å². The molecule has 0 bridgehead atoms. The molecular formula is C21H19FN2O2. The topological polar surface area (TPSA) is 51.1 Å². The molecule has 5 heteroatoms. The Bertz CT molecular complexity index is 961. The number of hydrogen-bond donors (Lipinski definition) is 1. The van der Waals surface area contributed by atoms with E-state index in [-0.39, 0.29) is 23.8 Å². The summed E-state index contributed by atoms with van der Waals surface area (Å²) in [5, 5.41) is 2.82. The number of aryl methyl sites for hydroxylation is 1. The monoisotopic (exact) mass is 350 g/mol. The van der Waals surface area contributed by atoms with Crippen LogP contribution in [-0.2, 0) is 13.0 Å². The van der Waals surface area contributed by atoms with Crippen LogP contribution in [0.25, 0.3) is 0 Å². The minimum atomic E-state index is -0.330. The Morgan fingerprint density at radius 1 is 0.962 bits per heavy atom. The van der Waals surface area contributed by atoms with Gasteiger partial charge in [0.2, 0.25) is 0 Å². The van der Waals surface area contributed by atoms with E-state index in [0.29, 0.717) is 11.3 Å². The molecule has 3 rings (SSSR count). The van der Waals surface area contributed by atoms with Crippen LogP contribution >= 0.6 is 0 Å².